The van der Waals surface area contributed by atoms with Crippen LogP contribution in [0.1, 0.15) is 65.2 Å². The minimum Gasteiger partial charge on any atom is -0.329 e. The van der Waals surface area contributed by atoms with Crippen molar-refractivity contribution in [2.75, 3.05) is 20.1 Å². The second-order valence-corrected chi connectivity index (χ2v) is 6.09. The van der Waals surface area contributed by atoms with Crippen LogP contribution in [0.5, 0.6) is 0 Å². The molecule has 0 aliphatic heterocycles. The van der Waals surface area contributed by atoms with Gasteiger partial charge in [0, 0.05) is 12.1 Å². The lowest BCUT2D eigenvalue weighted by molar-refractivity contribution is 0.104. The second-order valence-electron chi connectivity index (χ2n) is 6.09. The smallest absolute Gasteiger partial charge is 0.0328 e. The molecule has 2 nitrogen and oxygen atoms in total. The van der Waals surface area contributed by atoms with Crippen molar-refractivity contribution in [1.29, 1.82) is 0 Å². The van der Waals surface area contributed by atoms with Gasteiger partial charge in [0.1, 0.15) is 0 Å². The topological polar surface area (TPSA) is 29.3 Å². The molecule has 2 N–H and O–H groups in total. The highest BCUT2D eigenvalue weighted by atomic mass is 15.2. The van der Waals surface area contributed by atoms with Crippen LogP contribution in [0.3, 0.4) is 0 Å². The van der Waals surface area contributed by atoms with Gasteiger partial charge in [-0.3, -0.25) is 4.90 Å². The molecule has 0 bridgehead atoms. The molecule has 2 unspecified atom stereocenters. The van der Waals surface area contributed by atoms with Crippen molar-refractivity contribution in [2.45, 2.75) is 70.8 Å². The molecule has 102 valence electrons. The summed E-state index contributed by atoms with van der Waals surface area (Å²) < 4.78 is 0. The summed E-state index contributed by atoms with van der Waals surface area (Å²) in [6.07, 6.45) is 10.7. The average Bonchev–Trinajstić information content (AvgIpc) is 2.52. The maximum atomic E-state index is 6.12. The van der Waals surface area contributed by atoms with Crippen LogP contribution in [0.25, 0.3) is 0 Å². The third kappa shape index (κ3) is 4.26. The van der Waals surface area contributed by atoms with Gasteiger partial charge >= 0.3 is 0 Å². The molecule has 0 aromatic carbocycles. The Balaban J connectivity index is 2.53. The summed E-state index contributed by atoms with van der Waals surface area (Å²) in [6, 6.07) is 0. The van der Waals surface area contributed by atoms with E-state index >= 15 is 0 Å². The molecule has 2 atom stereocenters. The van der Waals surface area contributed by atoms with Crippen LogP contribution in [-0.2, 0) is 0 Å². The molecular formula is C15H32N2. The maximum absolute atomic E-state index is 6.12. The predicted octanol–water partition coefficient (Wildman–Crippen LogP) is 3.41. The van der Waals surface area contributed by atoms with Crippen LogP contribution in [-0.4, -0.2) is 30.6 Å². The number of unbranched alkanes of at least 4 members (excludes halogenated alkanes) is 2. The molecule has 0 aromatic heterocycles. The van der Waals surface area contributed by atoms with E-state index in [1.165, 1.54) is 57.9 Å². The van der Waals surface area contributed by atoms with E-state index in [4.69, 9.17) is 5.73 Å². The third-order valence-electron chi connectivity index (χ3n) is 4.73. The van der Waals surface area contributed by atoms with Gasteiger partial charge in [-0.2, -0.15) is 0 Å². The van der Waals surface area contributed by atoms with Crippen molar-refractivity contribution in [1.82, 2.24) is 4.90 Å². The number of nitrogens with zero attached hydrogens (tertiary/aromatic N) is 1. The van der Waals surface area contributed by atoms with E-state index in [1.807, 2.05) is 0 Å². The third-order valence-corrected chi connectivity index (χ3v) is 4.73. The number of hydrogen-bond donors (Lipinski definition) is 1. The molecule has 1 rings (SSSR count). The van der Waals surface area contributed by atoms with Crippen molar-refractivity contribution >= 4 is 0 Å². The van der Waals surface area contributed by atoms with E-state index in [0.717, 1.165) is 12.5 Å². The summed E-state index contributed by atoms with van der Waals surface area (Å²) in [6.45, 7) is 6.72. The van der Waals surface area contributed by atoms with Crippen molar-refractivity contribution in [3.63, 3.8) is 0 Å². The number of rotatable bonds is 6. The molecule has 0 radical (unpaired) electrons. The first-order chi connectivity index (χ1) is 8.14. The van der Waals surface area contributed by atoms with Gasteiger partial charge in [-0.15, -0.1) is 0 Å². The molecule has 1 fully saturated rings. The maximum Gasteiger partial charge on any atom is 0.0328 e. The molecule has 0 aromatic rings. The van der Waals surface area contributed by atoms with Crippen molar-refractivity contribution in [3.05, 3.63) is 0 Å². The summed E-state index contributed by atoms with van der Waals surface area (Å²) in [7, 11) is 2.29. The standard InChI is InChI=1S/C15H32N2/c1-4-5-6-12-17(3)15(13-16)10-7-8-14(2)9-11-15/h14H,4-13,16H2,1-3H3. The van der Waals surface area contributed by atoms with Crippen LogP contribution in [0, 0.1) is 5.92 Å². The zero-order chi connectivity index (χ0) is 12.7. The van der Waals surface area contributed by atoms with Crippen molar-refractivity contribution in [2.24, 2.45) is 11.7 Å². The molecule has 1 aliphatic rings. The fourth-order valence-corrected chi connectivity index (χ4v) is 3.14. The fourth-order valence-electron chi connectivity index (χ4n) is 3.14. The van der Waals surface area contributed by atoms with Crippen molar-refractivity contribution < 1.29 is 0 Å². The molecule has 0 heterocycles. The van der Waals surface area contributed by atoms with Crippen molar-refractivity contribution in [3.8, 4) is 0 Å². The van der Waals surface area contributed by atoms with Crippen LogP contribution in [0.15, 0.2) is 0 Å². The van der Waals surface area contributed by atoms with Crippen LogP contribution in [0.4, 0.5) is 0 Å². The Morgan fingerprint density at radius 3 is 2.65 bits per heavy atom. The summed E-state index contributed by atoms with van der Waals surface area (Å²) in [5, 5.41) is 0. The number of nitrogens with two attached hydrogens (primary N) is 1. The highest BCUT2D eigenvalue weighted by Crippen LogP contribution is 2.33. The highest BCUT2D eigenvalue weighted by Gasteiger charge is 2.34. The lowest BCUT2D eigenvalue weighted by Crippen LogP contribution is -2.52. The first kappa shape index (κ1) is 15.0. The zero-order valence-electron chi connectivity index (χ0n) is 12.2. The quantitative estimate of drug-likeness (QED) is 0.569. The second kappa shape index (κ2) is 7.38. The lowest BCUT2D eigenvalue weighted by atomic mass is 9.88. The van der Waals surface area contributed by atoms with Gasteiger partial charge in [0.25, 0.3) is 0 Å². The Hall–Kier alpha value is -0.0800. The molecule has 2 heteroatoms. The molecule has 0 amide bonds. The van der Waals surface area contributed by atoms with E-state index in [2.05, 4.69) is 25.8 Å². The van der Waals surface area contributed by atoms with Crippen LogP contribution in [0.2, 0.25) is 0 Å². The number of hydrogen-bond acceptors (Lipinski definition) is 2. The first-order valence-corrected chi connectivity index (χ1v) is 7.56. The first-order valence-electron chi connectivity index (χ1n) is 7.56. The Labute approximate surface area is 108 Å². The van der Waals surface area contributed by atoms with Gasteiger partial charge in [0.05, 0.1) is 0 Å². The SMILES string of the molecule is CCCCCN(C)C1(CN)CCCC(C)CC1. The molecule has 1 aliphatic carbocycles. The van der Waals surface area contributed by atoms with E-state index in [-0.39, 0.29) is 0 Å². The summed E-state index contributed by atoms with van der Waals surface area (Å²) >= 11 is 0. The summed E-state index contributed by atoms with van der Waals surface area (Å²) in [5.41, 5.74) is 6.42. The average molecular weight is 240 g/mol. The summed E-state index contributed by atoms with van der Waals surface area (Å²) in [4.78, 5) is 2.57. The molecule has 17 heavy (non-hydrogen) atoms. The number of likely N-dealkylation sites (N-methyl/N-ethyl adjacent to an activating group) is 1. The van der Waals surface area contributed by atoms with Gasteiger partial charge in [-0.1, -0.05) is 39.5 Å². The van der Waals surface area contributed by atoms with E-state index in [9.17, 15) is 0 Å². The van der Waals surface area contributed by atoms with E-state index in [1.54, 1.807) is 0 Å². The van der Waals surface area contributed by atoms with Gasteiger partial charge in [0.2, 0.25) is 0 Å². The highest BCUT2D eigenvalue weighted by molar-refractivity contribution is 4.92. The van der Waals surface area contributed by atoms with Gasteiger partial charge in [-0.25, -0.2) is 0 Å². The monoisotopic (exact) mass is 240 g/mol. The van der Waals surface area contributed by atoms with E-state index in [0.29, 0.717) is 5.54 Å². The van der Waals surface area contributed by atoms with Crippen LogP contribution < -0.4 is 5.73 Å². The van der Waals surface area contributed by atoms with Gasteiger partial charge in [0.15, 0.2) is 0 Å². The van der Waals surface area contributed by atoms with E-state index < -0.39 is 0 Å². The Morgan fingerprint density at radius 1 is 1.24 bits per heavy atom. The molecule has 0 spiro atoms. The fraction of sp³-hybridized carbons (Fsp3) is 1.00. The Kier molecular flexibility index (Phi) is 6.50. The normalized spacial score (nSPS) is 30.5. The summed E-state index contributed by atoms with van der Waals surface area (Å²) in [5.74, 6) is 0.896. The zero-order valence-corrected chi connectivity index (χ0v) is 12.2. The Bertz CT molecular complexity index is 205. The lowest BCUT2D eigenvalue weighted by Gasteiger charge is -2.41. The Morgan fingerprint density at radius 2 is 2.00 bits per heavy atom. The molecule has 1 saturated carbocycles. The molecule has 0 saturated heterocycles. The minimum absolute atomic E-state index is 0.304. The largest absolute Gasteiger partial charge is 0.329 e. The predicted molar refractivity (Wildman–Crippen MR) is 76.2 cm³/mol. The minimum atomic E-state index is 0.304. The van der Waals surface area contributed by atoms with Crippen LogP contribution >= 0.6 is 0 Å². The van der Waals surface area contributed by atoms with Gasteiger partial charge in [-0.05, 0) is 45.2 Å². The van der Waals surface area contributed by atoms with Gasteiger partial charge < -0.3 is 5.73 Å². The molecular weight excluding hydrogens is 208 g/mol.